The van der Waals surface area contributed by atoms with Gasteiger partial charge in [0.25, 0.3) is 0 Å². The van der Waals surface area contributed by atoms with Crippen molar-refractivity contribution in [2.75, 3.05) is 0 Å². The standard InChI is InChI=1S/C28H29F5N4O3/c1-3-7-24(19-8-5-4-6-9-19)39-26(38)37-23-15-10-20(16-18(23)2)25(34)36-17-35-21-11-13-22(14-12-21)40-28(32,33)27(29,30)31/h4-6,8-18,23-24H,3,7H2,1-2H3,(H,37,38)(H2,34,35,36). The average Bonchev–Trinajstić information content (AvgIpc) is 2.90. The van der Waals surface area contributed by atoms with Crippen LogP contribution in [-0.2, 0) is 4.74 Å². The van der Waals surface area contributed by atoms with Gasteiger partial charge in [0.1, 0.15) is 24.0 Å². The molecule has 0 saturated heterocycles. The SMILES string of the molecule is CCCC(OC(=O)NC1C=CC(C(N)=NC=Nc2ccc(OC(F)(F)C(F)(F)F)cc2)=CC1C)c1ccccc1. The molecule has 0 saturated carbocycles. The van der Waals surface area contributed by atoms with Gasteiger partial charge in [-0.15, -0.1) is 0 Å². The van der Waals surface area contributed by atoms with Crippen LogP contribution < -0.4 is 15.8 Å². The van der Waals surface area contributed by atoms with Gasteiger partial charge in [-0.05, 0) is 42.2 Å². The molecule has 3 rings (SSSR count). The van der Waals surface area contributed by atoms with E-state index in [1.54, 1.807) is 12.2 Å². The Morgan fingerprint density at radius 1 is 1.10 bits per heavy atom. The van der Waals surface area contributed by atoms with Crippen LogP contribution in [0.2, 0.25) is 0 Å². The van der Waals surface area contributed by atoms with E-state index in [9.17, 15) is 26.7 Å². The lowest BCUT2D eigenvalue weighted by molar-refractivity contribution is -0.360. The third kappa shape index (κ3) is 8.39. The second-order valence-corrected chi connectivity index (χ2v) is 8.97. The largest absolute Gasteiger partial charge is 0.499 e. The fraction of sp³-hybridized carbons (Fsp3) is 0.321. The second kappa shape index (κ2) is 13.2. The lowest BCUT2D eigenvalue weighted by atomic mass is 9.92. The Hall–Kier alpha value is -4.22. The van der Waals surface area contributed by atoms with Gasteiger partial charge in [0, 0.05) is 5.57 Å². The molecule has 0 aromatic heterocycles. The molecule has 40 heavy (non-hydrogen) atoms. The zero-order chi connectivity index (χ0) is 29.3. The van der Waals surface area contributed by atoms with E-state index in [0.717, 1.165) is 30.5 Å². The van der Waals surface area contributed by atoms with Crippen LogP contribution in [0.25, 0.3) is 0 Å². The summed E-state index contributed by atoms with van der Waals surface area (Å²) in [4.78, 5) is 20.6. The van der Waals surface area contributed by atoms with Gasteiger partial charge >= 0.3 is 18.4 Å². The molecule has 7 nitrogen and oxygen atoms in total. The number of benzene rings is 2. The lowest BCUT2D eigenvalue weighted by Gasteiger charge is -2.25. The summed E-state index contributed by atoms with van der Waals surface area (Å²) >= 11 is 0. The number of carbonyl (C=O) groups is 1. The number of nitrogens with one attached hydrogen (secondary N) is 1. The van der Waals surface area contributed by atoms with Crippen LogP contribution in [0.15, 0.2) is 88.4 Å². The van der Waals surface area contributed by atoms with Crippen LogP contribution in [0.3, 0.4) is 0 Å². The summed E-state index contributed by atoms with van der Waals surface area (Å²) in [6, 6.07) is 13.4. The van der Waals surface area contributed by atoms with Gasteiger partial charge in [0.05, 0.1) is 11.7 Å². The molecule has 0 fully saturated rings. The third-order valence-corrected chi connectivity index (χ3v) is 5.86. The Morgan fingerprint density at radius 3 is 2.38 bits per heavy atom. The topological polar surface area (TPSA) is 98.3 Å². The molecule has 0 heterocycles. The molecule has 3 unspecified atom stereocenters. The molecule has 3 atom stereocenters. The van der Waals surface area contributed by atoms with Crippen molar-refractivity contribution in [1.82, 2.24) is 5.32 Å². The van der Waals surface area contributed by atoms with Crippen LogP contribution >= 0.6 is 0 Å². The number of amides is 1. The number of hydrogen-bond acceptors (Lipinski definition) is 4. The van der Waals surface area contributed by atoms with E-state index < -0.39 is 24.1 Å². The number of ether oxygens (including phenoxy) is 2. The minimum Gasteiger partial charge on any atom is -0.441 e. The smallest absolute Gasteiger partial charge is 0.441 e. The molecule has 1 aliphatic rings. The maximum absolute atomic E-state index is 13.0. The van der Waals surface area contributed by atoms with Crippen molar-refractivity contribution >= 4 is 24.0 Å². The monoisotopic (exact) mass is 564 g/mol. The molecule has 0 bridgehead atoms. The maximum atomic E-state index is 13.0. The Morgan fingerprint density at radius 2 is 1.77 bits per heavy atom. The van der Waals surface area contributed by atoms with Crippen LogP contribution in [0.1, 0.15) is 38.4 Å². The first-order chi connectivity index (χ1) is 18.9. The van der Waals surface area contributed by atoms with E-state index in [1.165, 1.54) is 12.1 Å². The van der Waals surface area contributed by atoms with E-state index in [4.69, 9.17) is 10.5 Å². The van der Waals surface area contributed by atoms with Crippen molar-refractivity contribution < 1.29 is 36.2 Å². The number of hydrogen-bond donors (Lipinski definition) is 2. The molecule has 2 aromatic rings. The maximum Gasteiger partial charge on any atom is 0.499 e. The van der Waals surface area contributed by atoms with Crippen molar-refractivity contribution in [2.45, 2.75) is 51.1 Å². The van der Waals surface area contributed by atoms with Crippen LogP contribution in [-0.4, -0.2) is 36.6 Å². The number of amidine groups is 1. The number of nitrogens with zero attached hydrogens (tertiary/aromatic N) is 2. The molecule has 3 N–H and O–H groups in total. The predicted octanol–water partition coefficient (Wildman–Crippen LogP) is 7.01. The summed E-state index contributed by atoms with van der Waals surface area (Å²) in [7, 11) is 0. The quantitative estimate of drug-likeness (QED) is 0.184. The summed E-state index contributed by atoms with van der Waals surface area (Å²) in [5.41, 5.74) is 7.78. The fourth-order valence-corrected chi connectivity index (χ4v) is 3.74. The number of nitrogens with two attached hydrogens (primary N) is 1. The van der Waals surface area contributed by atoms with Crippen LogP contribution in [0.4, 0.5) is 32.4 Å². The molecule has 1 amide bonds. The van der Waals surface area contributed by atoms with Gasteiger partial charge in [0.2, 0.25) is 0 Å². The number of alkyl carbamates (subject to hydrolysis) is 1. The molecule has 2 aromatic carbocycles. The van der Waals surface area contributed by atoms with Crippen molar-refractivity contribution in [2.24, 2.45) is 21.6 Å². The minimum atomic E-state index is -5.84. The van der Waals surface area contributed by atoms with E-state index in [0.29, 0.717) is 12.0 Å². The van der Waals surface area contributed by atoms with Gasteiger partial charge < -0.3 is 20.5 Å². The Balaban J connectivity index is 1.55. The molecule has 1 aliphatic carbocycles. The molecule has 12 heteroatoms. The number of rotatable bonds is 10. The van der Waals surface area contributed by atoms with E-state index in [2.05, 4.69) is 20.0 Å². The van der Waals surface area contributed by atoms with E-state index in [1.807, 2.05) is 50.3 Å². The Kier molecular flexibility index (Phi) is 10.0. The fourth-order valence-electron chi connectivity index (χ4n) is 3.74. The second-order valence-electron chi connectivity index (χ2n) is 8.97. The number of halogens is 5. The summed E-state index contributed by atoms with van der Waals surface area (Å²) < 4.78 is 72.2. The number of aliphatic imine (C=N–C) groups is 2. The van der Waals surface area contributed by atoms with Crippen LogP contribution in [0.5, 0.6) is 5.75 Å². The number of alkyl halides is 5. The van der Waals surface area contributed by atoms with Gasteiger partial charge in [-0.3, -0.25) is 0 Å². The highest BCUT2D eigenvalue weighted by atomic mass is 19.4. The Bertz CT molecular complexity index is 1260. The molecular formula is C28H29F5N4O3. The molecule has 214 valence electrons. The van der Waals surface area contributed by atoms with Crippen molar-refractivity contribution in [1.29, 1.82) is 0 Å². The molecule has 0 radical (unpaired) electrons. The van der Waals surface area contributed by atoms with Crippen molar-refractivity contribution in [3.05, 3.63) is 84.0 Å². The summed E-state index contributed by atoms with van der Waals surface area (Å²) in [5, 5.41) is 2.86. The predicted molar refractivity (Wildman–Crippen MR) is 142 cm³/mol. The minimum absolute atomic E-state index is 0.129. The van der Waals surface area contributed by atoms with E-state index >= 15 is 0 Å². The molecule has 0 aliphatic heterocycles. The zero-order valence-corrected chi connectivity index (χ0v) is 21.7. The summed E-state index contributed by atoms with van der Waals surface area (Å²) in [5.74, 6) is -0.685. The van der Waals surface area contributed by atoms with Gasteiger partial charge in [-0.1, -0.05) is 68.8 Å². The normalized spacial score (nSPS) is 18.8. The first-order valence-electron chi connectivity index (χ1n) is 12.4. The zero-order valence-electron chi connectivity index (χ0n) is 21.7. The highest BCUT2D eigenvalue weighted by Crippen LogP contribution is 2.37. The van der Waals surface area contributed by atoms with Crippen LogP contribution in [0, 0.1) is 5.92 Å². The highest BCUT2D eigenvalue weighted by molar-refractivity contribution is 6.03. The van der Waals surface area contributed by atoms with E-state index in [-0.39, 0.29) is 29.6 Å². The van der Waals surface area contributed by atoms with Crippen molar-refractivity contribution in [3.63, 3.8) is 0 Å². The highest BCUT2D eigenvalue weighted by Gasteiger charge is 2.61. The first-order valence-corrected chi connectivity index (χ1v) is 12.4. The first kappa shape index (κ1) is 30.3. The van der Waals surface area contributed by atoms with Gasteiger partial charge in [0.15, 0.2) is 0 Å². The lowest BCUT2D eigenvalue weighted by Crippen LogP contribution is -2.41. The Labute approximate surface area is 228 Å². The summed E-state index contributed by atoms with van der Waals surface area (Å²) in [6.45, 7) is 3.91. The molecule has 0 spiro atoms. The third-order valence-electron chi connectivity index (χ3n) is 5.86. The summed E-state index contributed by atoms with van der Waals surface area (Å²) in [6.07, 6.45) is -4.09. The molecular weight excluding hydrogens is 535 g/mol. The van der Waals surface area contributed by atoms with Crippen molar-refractivity contribution in [3.8, 4) is 5.75 Å². The van der Waals surface area contributed by atoms with Gasteiger partial charge in [-0.25, -0.2) is 14.8 Å². The number of carbonyl (C=O) groups excluding carboxylic acids is 1. The van der Waals surface area contributed by atoms with Gasteiger partial charge in [-0.2, -0.15) is 22.0 Å². The average molecular weight is 565 g/mol.